The van der Waals surface area contributed by atoms with Crippen LogP contribution in [0.1, 0.15) is 45.2 Å². The number of hydrogen-bond donors (Lipinski definition) is 7. The molecule has 48 heavy (non-hydrogen) atoms. The number of benzene rings is 2. The van der Waals surface area contributed by atoms with Gasteiger partial charge in [-0.15, -0.1) is 0 Å². The Morgan fingerprint density at radius 3 is 2.06 bits per heavy atom. The molecule has 0 fully saturated rings. The first-order valence-corrected chi connectivity index (χ1v) is 15.1. The number of hydrogen-bond acceptors (Lipinski definition) is 9. The first-order chi connectivity index (χ1) is 22.5. The molecular weight excluding hydrogens is 626 g/mol. The molecule has 0 aliphatic carbocycles. The van der Waals surface area contributed by atoms with Crippen molar-refractivity contribution in [3.8, 4) is 5.75 Å². The maximum Gasteiger partial charge on any atom is 0.336 e. The monoisotopic (exact) mass is 665 g/mol. The molecule has 3 aromatic rings. The van der Waals surface area contributed by atoms with Crippen molar-refractivity contribution in [1.29, 1.82) is 0 Å². The van der Waals surface area contributed by atoms with E-state index in [1.165, 1.54) is 44.2 Å². The summed E-state index contributed by atoms with van der Waals surface area (Å²) in [5.41, 5.74) is 1.09. The van der Waals surface area contributed by atoms with Gasteiger partial charge < -0.3 is 41.2 Å². The van der Waals surface area contributed by atoms with Crippen LogP contribution < -0.4 is 32.2 Å². The quantitative estimate of drug-likeness (QED) is 0.121. The van der Waals surface area contributed by atoms with Gasteiger partial charge >= 0.3 is 11.6 Å². The van der Waals surface area contributed by atoms with Crippen LogP contribution in [0.3, 0.4) is 0 Å². The first kappa shape index (κ1) is 36.7. The summed E-state index contributed by atoms with van der Waals surface area (Å²) in [5, 5.41) is 32.0. The SMILES string of the molecule is CC(=O)N[C@H](Cc1ccc(O)cc1)C(=O)N[C@H](C(=O)N[C@H](C)C(=O)N[C@@H](CC(=O)O)C(=O)Nc1ccc2c(C)cc(=O)oc2c1)C(C)C. The van der Waals surface area contributed by atoms with Crippen molar-refractivity contribution >= 4 is 52.2 Å². The number of carbonyl (C=O) groups is 6. The summed E-state index contributed by atoms with van der Waals surface area (Å²) in [7, 11) is 0. The smallest absolute Gasteiger partial charge is 0.336 e. The summed E-state index contributed by atoms with van der Waals surface area (Å²) < 4.78 is 5.18. The van der Waals surface area contributed by atoms with Crippen molar-refractivity contribution < 1.29 is 43.4 Å². The number of aromatic hydroxyl groups is 1. The highest BCUT2D eigenvalue weighted by Crippen LogP contribution is 2.21. The lowest BCUT2D eigenvalue weighted by atomic mass is 10.0. The van der Waals surface area contributed by atoms with Crippen LogP contribution in [0.25, 0.3) is 11.0 Å². The Morgan fingerprint density at radius 1 is 0.792 bits per heavy atom. The van der Waals surface area contributed by atoms with Crippen LogP contribution >= 0.6 is 0 Å². The van der Waals surface area contributed by atoms with E-state index in [-0.39, 0.29) is 23.4 Å². The third-order valence-electron chi connectivity index (χ3n) is 7.30. The molecule has 4 atom stereocenters. The van der Waals surface area contributed by atoms with E-state index in [1.54, 1.807) is 39.0 Å². The average molecular weight is 666 g/mol. The van der Waals surface area contributed by atoms with Crippen LogP contribution in [0.15, 0.2) is 57.7 Å². The Kier molecular flexibility index (Phi) is 12.4. The van der Waals surface area contributed by atoms with E-state index < -0.39 is 77.6 Å². The van der Waals surface area contributed by atoms with E-state index in [4.69, 9.17) is 4.42 Å². The molecule has 5 amide bonds. The van der Waals surface area contributed by atoms with E-state index in [2.05, 4.69) is 26.6 Å². The van der Waals surface area contributed by atoms with E-state index in [0.717, 1.165) is 0 Å². The van der Waals surface area contributed by atoms with Crippen LogP contribution in [-0.4, -0.2) is 69.9 Å². The number of carboxylic acids is 1. The molecule has 15 nitrogen and oxygen atoms in total. The fraction of sp³-hybridized carbons (Fsp3) is 0.364. The minimum Gasteiger partial charge on any atom is -0.508 e. The summed E-state index contributed by atoms with van der Waals surface area (Å²) in [6.45, 7) is 7.60. The molecule has 0 saturated carbocycles. The highest BCUT2D eigenvalue weighted by Gasteiger charge is 2.32. The number of aliphatic carboxylic acids is 1. The Labute approximate surface area is 275 Å². The Hall–Kier alpha value is -5.73. The Balaban J connectivity index is 1.68. The summed E-state index contributed by atoms with van der Waals surface area (Å²) >= 11 is 0. The number of phenolic OH excluding ortho intramolecular Hbond substituents is 1. The minimum atomic E-state index is -1.55. The van der Waals surface area contributed by atoms with Crippen molar-refractivity contribution in [3.63, 3.8) is 0 Å². The van der Waals surface area contributed by atoms with Gasteiger partial charge in [0, 0.05) is 36.6 Å². The summed E-state index contributed by atoms with van der Waals surface area (Å²) in [4.78, 5) is 87.7. The van der Waals surface area contributed by atoms with Gasteiger partial charge in [-0.2, -0.15) is 0 Å². The van der Waals surface area contributed by atoms with Crippen LogP contribution in [0, 0.1) is 12.8 Å². The highest BCUT2D eigenvalue weighted by molar-refractivity contribution is 6.01. The fourth-order valence-corrected chi connectivity index (χ4v) is 4.79. The topological polar surface area (TPSA) is 233 Å². The Morgan fingerprint density at radius 2 is 1.46 bits per heavy atom. The third kappa shape index (κ3) is 10.4. The fourth-order valence-electron chi connectivity index (χ4n) is 4.79. The third-order valence-corrected chi connectivity index (χ3v) is 7.30. The summed E-state index contributed by atoms with van der Waals surface area (Å²) in [5.74, 6) is -5.43. The lowest BCUT2D eigenvalue weighted by Gasteiger charge is -2.27. The molecular formula is C33H39N5O10. The van der Waals surface area contributed by atoms with Crippen LogP contribution in [0.2, 0.25) is 0 Å². The standard InChI is InChI=1S/C33H39N5O10/c1-16(2)29(38-32(46)24(35-19(5)39)13-20-6-9-22(40)10-7-20)33(47)34-18(4)30(44)37-25(15-27(41)42)31(45)36-21-8-11-23-17(3)12-28(43)48-26(23)14-21/h6-12,14,16,18,24-25,29,40H,13,15H2,1-5H3,(H,34,47)(H,35,39)(H,36,45)(H,37,44)(H,38,46)(H,41,42)/t18-,24-,25+,29+/m1/s1. The van der Waals surface area contributed by atoms with Crippen molar-refractivity contribution in [1.82, 2.24) is 21.3 Å². The maximum absolute atomic E-state index is 13.2. The van der Waals surface area contributed by atoms with Crippen molar-refractivity contribution in [2.45, 2.75) is 71.6 Å². The zero-order chi connectivity index (χ0) is 35.7. The number of anilines is 1. The molecule has 0 aliphatic rings. The highest BCUT2D eigenvalue weighted by atomic mass is 16.4. The number of carboxylic acid groups (broad SMARTS) is 1. The lowest BCUT2D eigenvalue weighted by molar-refractivity contribution is -0.140. The molecule has 15 heteroatoms. The number of phenols is 1. The molecule has 0 aliphatic heterocycles. The Bertz CT molecular complexity index is 1750. The van der Waals surface area contributed by atoms with Gasteiger partial charge in [-0.05, 0) is 55.2 Å². The molecule has 0 spiro atoms. The van der Waals surface area contributed by atoms with Crippen molar-refractivity contribution in [2.24, 2.45) is 5.92 Å². The molecule has 256 valence electrons. The van der Waals surface area contributed by atoms with Gasteiger partial charge in [0.15, 0.2) is 0 Å². The van der Waals surface area contributed by atoms with E-state index in [0.29, 0.717) is 16.5 Å². The number of nitrogens with one attached hydrogen (secondary N) is 5. The molecule has 3 rings (SSSR count). The molecule has 0 bridgehead atoms. The van der Waals surface area contributed by atoms with Crippen molar-refractivity contribution in [2.75, 3.05) is 5.32 Å². The van der Waals surface area contributed by atoms with Crippen LogP contribution in [0.4, 0.5) is 5.69 Å². The molecule has 1 heterocycles. The van der Waals surface area contributed by atoms with Gasteiger partial charge in [0.05, 0.1) is 6.42 Å². The zero-order valence-corrected chi connectivity index (χ0v) is 27.1. The second-order valence-electron chi connectivity index (χ2n) is 11.7. The summed E-state index contributed by atoms with van der Waals surface area (Å²) in [6.07, 6.45) is -0.715. The second kappa shape index (κ2) is 16.2. The number of fused-ring (bicyclic) bond motifs is 1. The predicted octanol–water partition coefficient (Wildman–Crippen LogP) is 1.10. The molecule has 0 saturated heterocycles. The number of amides is 5. The van der Waals surface area contributed by atoms with E-state index in [1.807, 2.05) is 0 Å². The van der Waals surface area contributed by atoms with Gasteiger partial charge in [-0.25, -0.2) is 4.79 Å². The number of rotatable bonds is 14. The minimum absolute atomic E-state index is 0.0278. The largest absolute Gasteiger partial charge is 0.508 e. The molecule has 0 unspecified atom stereocenters. The van der Waals surface area contributed by atoms with E-state index in [9.17, 15) is 43.8 Å². The molecule has 7 N–H and O–H groups in total. The first-order valence-electron chi connectivity index (χ1n) is 15.1. The average Bonchev–Trinajstić information content (AvgIpc) is 2.99. The molecule has 0 radical (unpaired) electrons. The van der Waals surface area contributed by atoms with Gasteiger partial charge in [0.2, 0.25) is 29.5 Å². The number of carbonyl (C=O) groups excluding carboxylic acids is 5. The normalized spacial score (nSPS) is 13.5. The molecule has 1 aromatic heterocycles. The summed E-state index contributed by atoms with van der Waals surface area (Å²) in [6, 6.07) is 6.89. The van der Waals surface area contributed by atoms with Gasteiger partial charge in [-0.3, -0.25) is 28.8 Å². The number of aryl methyl sites for hydroxylation is 1. The maximum atomic E-state index is 13.2. The zero-order valence-electron chi connectivity index (χ0n) is 27.1. The van der Waals surface area contributed by atoms with Crippen LogP contribution in [0.5, 0.6) is 5.75 Å². The van der Waals surface area contributed by atoms with Crippen molar-refractivity contribution in [3.05, 3.63) is 70.1 Å². The predicted molar refractivity (Wildman–Crippen MR) is 174 cm³/mol. The van der Waals surface area contributed by atoms with Gasteiger partial charge in [-0.1, -0.05) is 26.0 Å². The van der Waals surface area contributed by atoms with E-state index >= 15 is 0 Å². The van der Waals surface area contributed by atoms with Gasteiger partial charge in [0.1, 0.15) is 35.5 Å². The second-order valence-corrected chi connectivity index (χ2v) is 11.7. The van der Waals surface area contributed by atoms with Gasteiger partial charge in [0.25, 0.3) is 0 Å². The lowest BCUT2D eigenvalue weighted by Crippen LogP contribution is -2.58. The molecule has 2 aromatic carbocycles. The van der Waals surface area contributed by atoms with Crippen LogP contribution in [-0.2, 0) is 35.2 Å².